The minimum absolute atomic E-state index is 0.357. The van der Waals surface area contributed by atoms with Crippen molar-refractivity contribution in [3.8, 4) is 23.3 Å². The molecule has 0 aliphatic carbocycles. The summed E-state index contributed by atoms with van der Waals surface area (Å²) in [5.41, 5.74) is 7.47. The van der Waals surface area contributed by atoms with Crippen LogP contribution in [0, 0.1) is 18.8 Å². The second-order valence-corrected chi connectivity index (χ2v) is 4.54. The van der Waals surface area contributed by atoms with E-state index in [9.17, 15) is 0 Å². The molecular formula is C18H19NO2. The molecule has 3 nitrogen and oxygen atoms in total. The Balaban J connectivity index is 1.79. The highest BCUT2D eigenvalue weighted by Gasteiger charge is 1.97. The van der Waals surface area contributed by atoms with Crippen LogP contribution in [-0.2, 0) is 0 Å². The normalized spacial score (nSPS) is 9.62. The first-order chi connectivity index (χ1) is 10.3. The van der Waals surface area contributed by atoms with Crippen molar-refractivity contribution >= 4 is 0 Å². The number of aryl methyl sites for hydroxylation is 1. The molecule has 0 fully saturated rings. The van der Waals surface area contributed by atoms with Crippen LogP contribution in [-0.4, -0.2) is 19.8 Å². The zero-order chi connectivity index (χ0) is 14.9. The molecule has 0 amide bonds. The lowest BCUT2D eigenvalue weighted by Gasteiger charge is -2.08. The molecule has 0 radical (unpaired) electrons. The van der Waals surface area contributed by atoms with Gasteiger partial charge in [0.05, 0.1) is 6.54 Å². The molecule has 0 bridgehead atoms. The van der Waals surface area contributed by atoms with E-state index in [0.29, 0.717) is 19.8 Å². The fourth-order valence-corrected chi connectivity index (χ4v) is 1.77. The van der Waals surface area contributed by atoms with Gasteiger partial charge in [-0.3, -0.25) is 0 Å². The topological polar surface area (TPSA) is 44.5 Å². The maximum absolute atomic E-state index is 5.65. The summed E-state index contributed by atoms with van der Waals surface area (Å²) >= 11 is 0. The highest BCUT2D eigenvalue weighted by molar-refractivity contribution is 5.39. The third kappa shape index (κ3) is 5.21. The second kappa shape index (κ2) is 7.98. The summed E-state index contributed by atoms with van der Waals surface area (Å²) in [6.07, 6.45) is 0. The number of hydrogen-bond donors (Lipinski definition) is 1. The number of hydrogen-bond acceptors (Lipinski definition) is 3. The van der Waals surface area contributed by atoms with Gasteiger partial charge in [-0.05, 0) is 37.3 Å². The van der Waals surface area contributed by atoms with Crippen molar-refractivity contribution < 1.29 is 9.47 Å². The van der Waals surface area contributed by atoms with Crippen LogP contribution in [0.4, 0.5) is 0 Å². The minimum Gasteiger partial charge on any atom is -0.490 e. The monoisotopic (exact) mass is 281 g/mol. The average Bonchev–Trinajstić information content (AvgIpc) is 2.52. The van der Waals surface area contributed by atoms with Crippen molar-refractivity contribution in [2.24, 2.45) is 5.73 Å². The van der Waals surface area contributed by atoms with Gasteiger partial charge in [0, 0.05) is 5.56 Å². The quantitative estimate of drug-likeness (QED) is 0.677. The molecule has 0 aromatic heterocycles. The second-order valence-electron chi connectivity index (χ2n) is 4.54. The van der Waals surface area contributed by atoms with Crippen LogP contribution in [0.15, 0.2) is 48.5 Å². The number of rotatable bonds is 5. The highest BCUT2D eigenvalue weighted by atomic mass is 16.5. The molecule has 21 heavy (non-hydrogen) atoms. The first kappa shape index (κ1) is 15.0. The van der Waals surface area contributed by atoms with E-state index in [1.807, 2.05) is 55.5 Å². The molecule has 2 aromatic carbocycles. The van der Waals surface area contributed by atoms with Crippen LogP contribution in [0.25, 0.3) is 0 Å². The Kier molecular flexibility index (Phi) is 5.69. The molecule has 0 saturated carbocycles. The maximum atomic E-state index is 5.65. The van der Waals surface area contributed by atoms with Crippen molar-refractivity contribution in [3.05, 3.63) is 59.7 Å². The predicted octanol–water partition coefficient (Wildman–Crippen LogP) is 2.76. The van der Waals surface area contributed by atoms with Gasteiger partial charge in [0.25, 0.3) is 0 Å². The Bertz CT molecular complexity index is 624. The van der Waals surface area contributed by atoms with Crippen LogP contribution in [0.1, 0.15) is 11.1 Å². The lowest BCUT2D eigenvalue weighted by molar-refractivity contribution is 0.217. The Morgan fingerprint density at radius 1 is 0.952 bits per heavy atom. The van der Waals surface area contributed by atoms with Crippen molar-refractivity contribution in [1.82, 2.24) is 0 Å². The fourth-order valence-electron chi connectivity index (χ4n) is 1.77. The van der Waals surface area contributed by atoms with Crippen molar-refractivity contribution in [2.45, 2.75) is 6.92 Å². The predicted molar refractivity (Wildman–Crippen MR) is 84.5 cm³/mol. The van der Waals surface area contributed by atoms with Crippen molar-refractivity contribution in [3.63, 3.8) is 0 Å². The highest BCUT2D eigenvalue weighted by Crippen LogP contribution is 2.13. The molecule has 0 saturated heterocycles. The average molecular weight is 281 g/mol. The van der Waals surface area contributed by atoms with E-state index >= 15 is 0 Å². The summed E-state index contributed by atoms with van der Waals surface area (Å²) in [7, 11) is 0. The van der Waals surface area contributed by atoms with Gasteiger partial charge in [-0.1, -0.05) is 35.6 Å². The van der Waals surface area contributed by atoms with E-state index in [4.69, 9.17) is 15.2 Å². The van der Waals surface area contributed by atoms with Crippen molar-refractivity contribution in [2.75, 3.05) is 19.8 Å². The fraction of sp³-hybridized carbons (Fsp3) is 0.222. The third-order valence-corrected chi connectivity index (χ3v) is 2.81. The summed E-state index contributed by atoms with van der Waals surface area (Å²) in [5.74, 6) is 7.44. The molecule has 0 aliphatic rings. The summed E-state index contributed by atoms with van der Waals surface area (Å²) < 4.78 is 11.3. The van der Waals surface area contributed by atoms with Gasteiger partial charge in [-0.2, -0.15) is 0 Å². The SMILES string of the molecule is Cc1ccc(OCCOc2cccc(C#CCN)c2)cc1. The molecule has 0 unspecified atom stereocenters. The van der Waals surface area contributed by atoms with Gasteiger partial charge in [-0.25, -0.2) is 0 Å². The van der Waals surface area contributed by atoms with E-state index in [2.05, 4.69) is 11.8 Å². The molecular weight excluding hydrogens is 262 g/mol. The molecule has 0 atom stereocenters. The van der Waals surface area contributed by atoms with E-state index in [1.165, 1.54) is 5.56 Å². The van der Waals surface area contributed by atoms with Gasteiger partial charge in [0.1, 0.15) is 24.7 Å². The van der Waals surface area contributed by atoms with Crippen LogP contribution in [0.5, 0.6) is 11.5 Å². The molecule has 0 heterocycles. The smallest absolute Gasteiger partial charge is 0.122 e. The number of nitrogens with two attached hydrogens (primary N) is 1. The molecule has 108 valence electrons. The minimum atomic E-state index is 0.357. The summed E-state index contributed by atoms with van der Waals surface area (Å²) in [6.45, 7) is 3.40. The van der Waals surface area contributed by atoms with Crippen LogP contribution in [0.3, 0.4) is 0 Å². The van der Waals surface area contributed by atoms with Crippen LogP contribution < -0.4 is 15.2 Å². The summed E-state index contributed by atoms with van der Waals surface area (Å²) in [6, 6.07) is 15.6. The summed E-state index contributed by atoms with van der Waals surface area (Å²) in [4.78, 5) is 0. The van der Waals surface area contributed by atoms with E-state index < -0.39 is 0 Å². The van der Waals surface area contributed by atoms with E-state index in [-0.39, 0.29) is 0 Å². The molecule has 0 spiro atoms. The van der Waals surface area contributed by atoms with Gasteiger partial charge in [0.2, 0.25) is 0 Å². The third-order valence-electron chi connectivity index (χ3n) is 2.81. The number of ether oxygens (including phenoxy) is 2. The van der Waals surface area contributed by atoms with Gasteiger partial charge in [-0.15, -0.1) is 0 Å². The lowest BCUT2D eigenvalue weighted by atomic mass is 10.2. The number of benzene rings is 2. The van der Waals surface area contributed by atoms with Crippen LogP contribution >= 0.6 is 0 Å². The Labute approximate surface area is 125 Å². The largest absolute Gasteiger partial charge is 0.490 e. The lowest BCUT2D eigenvalue weighted by Crippen LogP contribution is -2.09. The first-order valence-corrected chi connectivity index (χ1v) is 6.89. The molecule has 3 heteroatoms. The molecule has 2 aromatic rings. The Morgan fingerprint density at radius 2 is 1.67 bits per heavy atom. The van der Waals surface area contributed by atoms with Crippen molar-refractivity contribution in [1.29, 1.82) is 0 Å². The molecule has 0 aliphatic heterocycles. The maximum Gasteiger partial charge on any atom is 0.122 e. The van der Waals surface area contributed by atoms with E-state index in [0.717, 1.165) is 17.1 Å². The van der Waals surface area contributed by atoms with Gasteiger partial charge >= 0.3 is 0 Å². The van der Waals surface area contributed by atoms with Crippen LogP contribution in [0.2, 0.25) is 0 Å². The Morgan fingerprint density at radius 3 is 2.38 bits per heavy atom. The summed E-state index contributed by atoms with van der Waals surface area (Å²) in [5, 5.41) is 0. The Hall–Kier alpha value is -2.44. The van der Waals surface area contributed by atoms with Gasteiger partial charge in [0.15, 0.2) is 0 Å². The van der Waals surface area contributed by atoms with Gasteiger partial charge < -0.3 is 15.2 Å². The molecule has 2 N–H and O–H groups in total. The molecule has 2 rings (SSSR count). The standard InChI is InChI=1S/C18H19NO2/c1-15-7-9-17(10-8-15)20-12-13-21-18-6-2-4-16(14-18)5-3-11-19/h2,4,6-10,14H,11-13,19H2,1H3. The zero-order valence-electron chi connectivity index (χ0n) is 12.1. The zero-order valence-corrected chi connectivity index (χ0v) is 12.1. The first-order valence-electron chi connectivity index (χ1n) is 6.89. The van der Waals surface area contributed by atoms with E-state index in [1.54, 1.807) is 0 Å².